The Morgan fingerprint density at radius 1 is 1.00 bits per heavy atom. The molecule has 0 aromatic carbocycles. The van der Waals surface area contributed by atoms with Crippen LogP contribution in [0.4, 0.5) is 5.95 Å². The van der Waals surface area contributed by atoms with Gasteiger partial charge in [-0.25, -0.2) is 9.97 Å². The van der Waals surface area contributed by atoms with Gasteiger partial charge in [0.2, 0.25) is 17.8 Å². The van der Waals surface area contributed by atoms with E-state index in [1.165, 1.54) is 0 Å². The van der Waals surface area contributed by atoms with Gasteiger partial charge in [0.25, 0.3) is 0 Å². The molecule has 2 fully saturated rings. The number of anilines is 1. The molecule has 0 aliphatic carbocycles. The summed E-state index contributed by atoms with van der Waals surface area (Å²) < 4.78 is 0. The van der Waals surface area contributed by atoms with Crippen LogP contribution in [0.15, 0.2) is 42.9 Å². The van der Waals surface area contributed by atoms with Crippen LogP contribution < -0.4 is 4.90 Å². The first-order valence-electron chi connectivity index (χ1n) is 9.19. The Balaban J connectivity index is 1.32. The van der Waals surface area contributed by atoms with E-state index in [1.54, 1.807) is 29.6 Å². The van der Waals surface area contributed by atoms with Crippen LogP contribution in [0, 0.1) is 5.92 Å². The first-order chi connectivity index (χ1) is 13.2. The van der Waals surface area contributed by atoms with Crippen molar-refractivity contribution in [2.45, 2.75) is 13.0 Å². The summed E-state index contributed by atoms with van der Waals surface area (Å²) in [5.74, 6) is 0.527. The van der Waals surface area contributed by atoms with Crippen molar-refractivity contribution in [2.24, 2.45) is 5.92 Å². The number of pyridine rings is 1. The predicted octanol–water partition coefficient (Wildman–Crippen LogP) is 0.569. The fourth-order valence-electron chi connectivity index (χ4n) is 3.62. The minimum Gasteiger partial charge on any atom is -0.339 e. The molecule has 1 atom stereocenters. The highest BCUT2D eigenvalue weighted by atomic mass is 16.2. The number of carbonyl (C=O) groups excluding carboxylic acids is 2. The monoisotopic (exact) mass is 366 g/mol. The molecule has 2 aliphatic rings. The Hall–Kier alpha value is -3.03. The molecule has 2 aliphatic heterocycles. The van der Waals surface area contributed by atoms with E-state index in [4.69, 9.17) is 0 Å². The maximum absolute atomic E-state index is 12.9. The number of amides is 2. The van der Waals surface area contributed by atoms with E-state index in [9.17, 15) is 9.59 Å². The second kappa shape index (κ2) is 7.69. The second-order valence-corrected chi connectivity index (χ2v) is 6.86. The molecule has 2 saturated heterocycles. The molecule has 0 bridgehead atoms. The molecule has 0 radical (unpaired) electrons. The molecule has 2 aromatic heterocycles. The molecule has 4 rings (SSSR count). The molecular weight excluding hydrogens is 344 g/mol. The van der Waals surface area contributed by atoms with Crippen molar-refractivity contribution in [1.29, 1.82) is 0 Å². The lowest BCUT2D eigenvalue weighted by Gasteiger charge is -2.35. The molecule has 140 valence electrons. The third-order valence-electron chi connectivity index (χ3n) is 5.07. The Bertz CT molecular complexity index is 792. The number of rotatable bonds is 4. The van der Waals surface area contributed by atoms with Gasteiger partial charge in [0.15, 0.2) is 0 Å². The normalized spacial score (nSPS) is 20.2. The Kier molecular flexibility index (Phi) is 4.95. The third-order valence-corrected chi connectivity index (χ3v) is 5.07. The van der Waals surface area contributed by atoms with Crippen molar-refractivity contribution in [3.8, 4) is 0 Å². The van der Waals surface area contributed by atoms with Gasteiger partial charge in [-0.2, -0.15) is 0 Å². The predicted molar refractivity (Wildman–Crippen MR) is 98.6 cm³/mol. The summed E-state index contributed by atoms with van der Waals surface area (Å²) in [6, 6.07) is 7.44. The smallest absolute Gasteiger partial charge is 0.228 e. The number of hydrogen-bond donors (Lipinski definition) is 0. The molecule has 0 unspecified atom stereocenters. The molecule has 8 heteroatoms. The summed E-state index contributed by atoms with van der Waals surface area (Å²) in [5.41, 5.74) is 0.843. The van der Waals surface area contributed by atoms with Crippen LogP contribution in [0.2, 0.25) is 0 Å². The van der Waals surface area contributed by atoms with Gasteiger partial charge in [-0.3, -0.25) is 14.6 Å². The van der Waals surface area contributed by atoms with Crippen molar-refractivity contribution < 1.29 is 9.59 Å². The summed E-state index contributed by atoms with van der Waals surface area (Å²) in [7, 11) is 0. The van der Waals surface area contributed by atoms with E-state index in [2.05, 4.69) is 19.9 Å². The third kappa shape index (κ3) is 3.89. The number of nitrogens with zero attached hydrogens (tertiary/aromatic N) is 6. The highest BCUT2D eigenvalue weighted by Crippen LogP contribution is 2.23. The van der Waals surface area contributed by atoms with Gasteiger partial charge in [-0.1, -0.05) is 6.07 Å². The first kappa shape index (κ1) is 17.4. The van der Waals surface area contributed by atoms with Crippen molar-refractivity contribution in [1.82, 2.24) is 24.8 Å². The molecule has 0 N–H and O–H groups in total. The fraction of sp³-hybridized carbons (Fsp3) is 0.421. The summed E-state index contributed by atoms with van der Waals surface area (Å²) in [6.07, 6.45) is 5.45. The summed E-state index contributed by atoms with van der Waals surface area (Å²) >= 11 is 0. The van der Waals surface area contributed by atoms with Crippen LogP contribution in [0.25, 0.3) is 0 Å². The van der Waals surface area contributed by atoms with Gasteiger partial charge in [0, 0.05) is 57.7 Å². The lowest BCUT2D eigenvalue weighted by atomic mass is 10.1. The minimum absolute atomic E-state index is 0.0234. The average molecular weight is 366 g/mol. The van der Waals surface area contributed by atoms with E-state index in [0.717, 1.165) is 5.69 Å². The molecule has 8 nitrogen and oxygen atoms in total. The summed E-state index contributed by atoms with van der Waals surface area (Å²) in [6.45, 7) is 3.59. The Morgan fingerprint density at radius 3 is 2.44 bits per heavy atom. The quantitative estimate of drug-likeness (QED) is 0.787. The van der Waals surface area contributed by atoms with Crippen LogP contribution in [-0.2, 0) is 16.1 Å². The second-order valence-electron chi connectivity index (χ2n) is 6.86. The Morgan fingerprint density at radius 2 is 1.74 bits per heavy atom. The van der Waals surface area contributed by atoms with Gasteiger partial charge < -0.3 is 14.7 Å². The van der Waals surface area contributed by atoms with E-state index in [1.807, 2.05) is 23.1 Å². The average Bonchev–Trinajstić information content (AvgIpc) is 3.09. The van der Waals surface area contributed by atoms with E-state index >= 15 is 0 Å². The van der Waals surface area contributed by atoms with Crippen LogP contribution in [0.5, 0.6) is 0 Å². The van der Waals surface area contributed by atoms with Gasteiger partial charge in [0.05, 0.1) is 18.2 Å². The number of piperazine rings is 1. The number of aromatic nitrogens is 3. The highest BCUT2D eigenvalue weighted by molar-refractivity contribution is 5.89. The topological polar surface area (TPSA) is 82.5 Å². The van der Waals surface area contributed by atoms with Crippen molar-refractivity contribution in [2.75, 3.05) is 37.6 Å². The summed E-state index contributed by atoms with van der Waals surface area (Å²) in [5, 5.41) is 0. The first-order valence-corrected chi connectivity index (χ1v) is 9.19. The Labute approximate surface area is 157 Å². The number of hydrogen-bond acceptors (Lipinski definition) is 6. The van der Waals surface area contributed by atoms with E-state index < -0.39 is 0 Å². The van der Waals surface area contributed by atoms with Gasteiger partial charge >= 0.3 is 0 Å². The molecule has 0 spiro atoms. The highest BCUT2D eigenvalue weighted by Gasteiger charge is 2.37. The largest absolute Gasteiger partial charge is 0.339 e. The van der Waals surface area contributed by atoms with Crippen LogP contribution in [0.1, 0.15) is 12.1 Å². The molecule has 0 saturated carbocycles. The molecule has 2 aromatic rings. The zero-order chi connectivity index (χ0) is 18.6. The molecule has 4 heterocycles. The SMILES string of the molecule is O=C1C[C@H](C(=O)N2CCN(c3ncccn3)CC2)CN1Cc1ccccn1. The van der Waals surface area contributed by atoms with Gasteiger partial charge in [-0.05, 0) is 18.2 Å². The maximum Gasteiger partial charge on any atom is 0.228 e. The van der Waals surface area contributed by atoms with Crippen molar-refractivity contribution >= 4 is 17.8 Å². The molecule has 2 amide bonds. The lowest BCUT2D eigenvalue weighted by Crippen LogP contribution is -2.51. The van der Waals surface area contributed by atoms with E-state index in [-0.39, 0.29) is 24.2 Å². The van der Waals surface area contributed by atoms with Crippen molar-refractivity contribution in [3.05, 3.63) is 48.5 Å². The fourth-order valence-corrected chi connectivity index (χ4v) is 3.62. The van der Waals surface area contributed by atoms with Gasteiger partial charge in [0.1, 0.15) is 0 Å². The van der Waals surface area contributed by atoms with Crippen LogP contribution in [0.3, 0.4) is 0 Å². The molecular formula is C19H22N6O2. The zero-order valence-electron chi connectivity index (χ0n) is 15.1. The summed E-state index contributed by atoms with van der Waals surface area (Å²) in [4.78, 5) is 43.7. The van der Waals surface area contributed by atoms with Gasteiger partial charge in [-0.15, -0.1) is 0 Å². The molecule has 27 heavy (non-hydrogen) atoms. The minimum atomic E-state index is -0.263. The lowest BCUT2D eigenvalue weighted by molar-refractivity contribution is -0.136. The van der Waals surface area contributed by atoms with Crippen LogP contribution in [-0.4, -0.2) is 69.3 Å². The maximum atomic E-state index is 12.9. The standard InChI is InChI=1S/C19H22N6O2/c26-17-12-15(13-25(17)14-16-4-1-2-5-20-16)18(27)23-8-10-24(11-9-23)19-21-6-3-7-22-19/h1-7,15H,8-14H2/t15-/m0/s1. The number of carbonyl (C=O) groups is 2. The number of likely N-dealkylation sites (tertiary alicyclic amines) is 1. The van der Waals surface area contributed by atoms with Crippen molar-refractivity contribution in [3.63, 3.8) is 0 Å². The van der Waals surface area contributed by atoms with E-state index in [0.29, 0.717) is 45.2 Å². The van der Waals surface area contributed by atoms with Crippen LogP contribution >= 0.6 is 0 Å². The zero-order valence-corrected chi connectivity index (χ0v) is 15.1.